The molecule has 0 spiro atoms. The molecule has 1 saturated heterocycles. The maximum Gasteiger partial charge on any atom is 0.260 e. The van der Waals surface area contributed by atoms with Crippen LogP contribution >= 0.6 is 35.0 Å². The lowest BCUT2D eigenvalue weighted by molar-refractivity contribution is -0.116. The van der Waals surface area contributed by atoms with Crippen molar-refractivity contribution in [2.24, 2.45) is 0 Å². The van der Waals surface area contributed by atoms with E-state index in [1.807, 2.05) is 0 Å². The molecule has 2 aromatic carbocycles. The third kappa shape index (κ3) is 4.04. The molecule has 1 aliphatic rings. The predicted octanol–water partition coefficient (Wildman–Crippen LogP) is 5.99. The summed E-state index contributed by atoms with van der Waals surface area (Å²) in [7, 11) is 0. The van der Waals surface area contributed by atoms with Gasteiger partial charge in [0.05, 0.1) is 15.6 Å². The fourth-order valence-corrected chi connectivity index (χ4v) is 4.14. The maximum atomic E-state index is 13.8. The van der Waals surface area contributed by atoms with Crippen LogP contribution in [0.15, 0.2) is 63.9 Å². The van der Waals surface area contributed by atoms with E-state index < -0.39 is 5.50 Å². The molecule has 8 heteroatoms. The van der Waals surface area contributed by atoms with Gasteiger partial charge in [-0.25, -0.2) is 4.39 Å². The van der Waals surface area contributed by atoms with Crippen molar-refractivity contribution in [1.82, 2.24) is 5.32 Å². The Morgan fingerprint density at radius 1 is 1.14 bits per heavy atom. The van der Waals surface area contributed by atoms with E-state index in [4.69, 9.17) is 27.6 Å². The zero-order chi connectivity index (χ0) is 19.7. The van der Waals surface area contributed by atoms with Crippen molar-refractivity contribution in [2.45, 2.75) is 5.50 Å². The van der Waals surface area contributed by atoms with Crippen molar-refractivity contribution in [2.75, 3.05) is 5.32 Å². The van der Waals surface area contributed by atoms with Gasteiger partial charge >= 0.3 is 0 Å². The van der Waals surface area contributed by atoms with Gasteiger partial charge in [-0.3, -0.25) is 4.79 Å². The van der Waals surface area contributed by atoms with Gasteiger partial charge in [-0.05, 0) is 42.5 Å². The molecule has 4 nitrogen and oxygen atoms in total. The normalized spacial score (nSPS) is 17.8. The zero-order valence-corrected chi connectivity index (χ0v) is 16.5. The molecule has 142 valence electrons. The van der Waals surface area contributed by atoms with E-state index in [9.17, 15) is 9.18 Å². The molecule has 1 aliphatic heterocycles. The van der Waals surface area contributed by atoms with E-state index >= 15 is 0 Å². The minimum Gasteiger partial charge on any atom is -0.457 e. The van der Waals surface area contributed by atoms with E-state index in [1.54, 1.807) is 54.6 Å². The molecule has 0 radical (unpaired) electrons. The first kappa shape index (κ1) is 18.9. The lowest BCUT2D eigenvalue weighted by Crippen LogP contribution is -2.31. The summed E-state index contributed by atoms with van der Waals surface area (Å²) in [6.45, 7) is 0. The molecule has 3 aromatic rings. The number of amides is 1. The molecule has 2 heterocycles. The molecule has 1 fully saturated rings. The van der Waals surface area contributed by atoms with Crippen LogP contribution in [-0.2, 0) is 4.79 Å². The molecular formula is C20H13Cl2FN2O2S. The van der Waals surface area contributed by atoms with Gasteiger partial charge < -0.3 is 15.1 Å². The predicted molar refractivity (Wildman–Crippen MR) is 112 cm³/mol. The van der Waals surface area contributed by atoms with Crippen LogP contribution < -0.4 is 10.6 Å². The van der Waals surface area contributed by atoms with E-state index in [0.717, 1.165) is 0 Å². The monoisotopic (exact) mass is 434 g/mol. The summed E-state index contributed by atoms with van der Waals surface area (Å²) in [5, 5.41) is 6.72. The molecule has 1 aromatic heterocycles. The SMILES string of the molecule is O=C1NC(Nc2ccccc2F)S/C1=C\c1ccc(-c2ccc(Cl)cc2Cl)o1. The molecule has 1 amide bonds. The number of carbonyl (C=O) groups excluding carboxylic acids is 1. The number of anilines is 1. The van der Waals surface area contributed by atoms with Crippen molar-refractivity contribution >= 4 is 52.6 Å². The molecule has 4 rings (SSSR count). The Morgan fingerprint density at radius 3 is 2.75 bits per heavy atom. The summed E-state index contributed by atoms with van der Waals surface area (Å²) < 4.78 is 19.6. The number of rotatable bonds is 4. The molecule has 0 aliphatic carbocycles. The average Bonchev–Trinajstić information content (AvgIpc) is 3.24. The fraction of sp³-hybridized carbons (Fsp3) is 0.0500. The van der Waals surface area contributed by atoms with Crippen LogP contribution in [0.3, 0.4) is 0 Å². The van der Waals surface area contributed by atoms with Crippen molar-refractivity contribution in [3.8, 4) is 11.3 Å². The van der Waals surface area contributed by atoms with E-state index in [1.165, 1.54) is 17.8 Å². The van der Waals surface area contributed by atoms with Crippen LogP contribution in [0.1, 0.15) is 5.76 Å². The number of para-hydroxylation sites is 1. The van der Waals surface area contributed by atoms with Gasteiger partial charge in [0, 0.05) is 16.7 Å². The average molecular weight is 435 g/mol. The summed E-state index contributed by atoms with van der Waals surface area (Å²) in [5.74, 6) is 0.426. The third-order valence-electron chi connectivity index (χ3n) is 3.99. The first-order valence-electron chi connectivity index (χ1n) is 8.25. The number of nitrogens with one attached hydrogen (secondary N) is 2. The fourth-order valence-electron chi connectivity index (χ4n) is 2.68. The van der Waals surface area contributed by atoms with Gasteiger partial charge in [0.25, 0.3) is 5.91 Å². The van der Waals surface area contributed by atoms with Crippen LogP contribution in [0.4, 0.5) is 10.1 Å². The maximum absolute atomic E-state index is 13.8. The van der Waals surface area contributed by atoms with Gasteiger partial charge in [-0.1, -0.05) is 47.1 Å². The molecule has 1 atom stereocenters. The number of hydrogen-bond acceptors (Lipinski definition) is 4. The third-order valence-corrected chi connectivity index (χ3v) is 5.56. The summed E-state index contributed by atoms with van der Waals surface area (Å²) in [6, 6.07) is 14.9. The van der Waals surface area contributed by atoms with Crippen molar-refractivity contribution in [3.63, 3.8) is 0 Å². The topological polar surface area (TPSA) is 54.3 Å². The molecule has 2 N–H and O–H groups in total. The summed E-state index contributed by atoms with van der Waals surface area (Å²) in [6.07, 6.45) is 1.64. The number of furan rings is 1. The summed E-state index contributed by atoms with van der Waals surface area (Å²) >= 11 is 13.4. The van der Waals surface area contributed by atoms with Crippen LogP contribution in [0.2, 0.25) is 10.0 Å². The van der Waals surface area contributed by atoms with Gasteiger partial charge in [-0.2, -0.15) is 0 Å². The molecule has 1 unspecified atom stereocenters. The van der Waals surface area contributed by atoms with Gasteiger partial charge in [0.2, 0.25) is 0 Å². The van der Waals surface area contributed by atoms with Gasteiger partial charge in [0.15, 0.2) is 5.50 Å². The Morgan fingerprint density at radius 2 is 1.96 bits per heavy atom. The second-order valence-electron chi connectivity index (χ2n) is 5.93. The highest BCUT2D eigenvalue weighted by molar-refractivity contribution is 8.05. The Bertz CT molecular complexity index is 1080. The number of benzene rings is 2. The molecule has 0 bridgehead atoms. The zero-order valence-electron chi connectivity index (χ0n) is 14.2. The standard InChI is InChI=1S/C20H13Cl2FN2O2S/c21-11-5-7-13(14(22)9-11)17-8-6-12(27-17)10-18-19(26)25-20(28-18)24-16-4-2-1-3-15(16)23/h1-10,20,24H,(H,25,26)/b18-10-. The van der Waals surface area contributed by atoms with Crippen LogP contribution in [0, 0.1) is 5.82 Å². The second-order valence-corrected chi connectivity index (χ2v) is 7.92. The van der Waals surface area contributed by atoms with Crippen molar-refractivity contribution in [3.05, 3.63) is 81.1 Å². The van der Waals surface area contributed by atoms with E-state index in [2.05, 4.69) is 10.6 Å². The lowest BCUT2D eigenvalue weighted by Gasteiger charge is -2.12. The number of halogens is 3. The summed E-state index contributed by atoms with van der Waals surface area (Å²) in [4.78, 5) is 12.7. The van der Waals surface area contributed by atoms with Crippen LogP contribution in [0.5, 0.6) is 0 Å². The highest BCUT2D eigenvalue weighted by Gasteiger charge is 2.28. The Labute approximate surface area is 174 Å². The number of hydrogen-bond donors (Lipinski definition) is 2. The molecular weight excluding hydrogens is 422 g/mol. The van der Waals surface area contributed by atoms with E-state index in [0.29, 0.717) is 37.7 Å². The minimum absolute atomic E-state index is 0.263. The van der Waals surface area contributed by atoms with Crippen LogP contribution in [-0.4, -0.2) is 11.4 Å². The Balaban J connectivity index is 1.51. The largest absolute Gasteiger partial charge is 0.457 e. The summed E-state index contributed by atoms with van der Waals surface area (Å²) in [5.41, 5.74) is 0.549. The number of thioether (sulfide) groups is 1. The highest BCUT2D eigenvalue weighted by Crippen LogP contribution is 2.34. The van der Waals surface area contributed by atoms with Crippen molar-refractivity contribution < 1.29 is 13.6 Å². The first-order chi connectivity index (χ1) is 13.5. The number of carbonyl (C=O) groups is 1. The first-order valence-corrected chi connectivity index (χ1v) is 9.89. The van der Waals surface area contributed by atoms with Crippen molar-refractivity contribution in [1.29, 1.82) is 0 Å². The highest BCUT2D eigenvalue weighted by atomic mass is 35.5. The lowest BCUT2D eigenvalue weighted by atomic mass is 10.2. The quantitative estimate of drug-likeness (QED) is 0.494. The smallest absolute Gasteiger partial charge is 0.260 e. The second kappa shape index (κ2) is 7.91. The Hall–Kier alpha value is -2.41. The van der Waals surface area contributed by atoms with E-state index in [-0.39, 0.29) is 11.7 Å². The minimum atomic E-state index is -0.476. The molecule has 28 heavy (non-hydrogen) atoms. The van der Waals surface area contributed by atoms with Crippen LogP contribution in [0.25, 0.3) is 17.4 Å². The Kier molecular flexibility index (Phi) is 5.35. The van der Waals surface area contributed by atoms with Gasteiger partial charge in [-0.15, -0.1) is 0 Å². The van der Waals surface area contributed by atoms with Gasteiger partial charge in [0.1, 0.15) is 17.3 Å². The molecule has 0 saturated carbocycles.